The number of aliphatic imine (C=N–C) groups is 1. The van der Waals surface area contributed by atoms with Gasteiger partial charge in [0.1, 0.15) is 11.6 Å². The smallest absolute Gasteiger partial charge is 0.191 e. The normalized spacial score (nSPS) is 16.1. The summed E-state index contributed by atoms with van der Waals surface area (Å²) in [6, 6.07) is 12.8. The Labute approximate surface area is 165 Å². The second-order valence-corrected chi connectivity index (χ2v) is 7.11. The molecule has 1 atom stereocenters. The molecule has 1 unspecified atom stereocenters. The zero-order valence-corrected chi connectivity index (χ0v) is 16.4. The molecular formula is C22H26N6. The van der Waals surface area contributed by atoms with Crippen molar-refractivity contribution in [3.63, 3.8) is 0 Å². The van der Waals surface area contributed by atoms with Crippen LogP contribution in [-0.2, 0) is 13.0 Å². The van der Waals surface area contributed by atoms with Gasteiger partial charge in [0.2, 0.25) is 0 Å². The van der Waals surface area contributed by atoms with E-state index in [9.17, 15) is 0 Å². The van der Waals surface area contributed by atoms with Crippen molar-refractivity contribution in [3.8, 4) is 5.82 Å². The van der Waals surface area contributed by atoms with Crippen LogP contribution in [0.25, 0.3) is 5.82 Å². The highest BCUT2D eigenvalue weighted by molar-refractivity contribution is 5.79. The summed E-state index contributed by atoms with van der Waals surface area (Å²) in [5, 5.41) is 6.85. The number of pyridine rings is 1. The molecule has 144 valence electrons. The van der Waals surface area contributed by atoms with E-state index >= 15 is 0 Å². The van der Waals surface area contributed by atoms with Crippen LogP contribution >= 0.6 is 0 Å². The molecule has 6 nitrogen and oxygen atoms in total. The van der Waals surface area contributed by atoms with Crippen LogP contribution in [0.4, 0.5) is 0 Å². The molecule has 1 aliphatic rings. The largest absolute Gasteiger partial charge is 0.356 e. The van der Waals surface area contributed by atoms with Gasteiger partial charge in [0, 0.05) is 44.6 Å². The first-order valence-corrected chi connectivity index (χ1v) is 9.72. The minimum atomic E-state index is 0.550. The molecule has 0 bridgehead atoms. The molecule has 0 saturated heterocycles. The summed E-state index contributed by atoms with van der Waals surface area (Å²) in [5.74, 6) is 3.17. The second kappa shape index (κ2) is 8.25. The summed E-state index contributed by atoms with van der Waals surface area (Å²) >= 11 is 0. The zero-order chi connectivity index (χ0) is 19.3. The molecule has 0 fully saturated rings. The molecule has 0 spiro atoms. The quantitative estimate of drug-likeness (QED) is 0.532. The third-order valence-corrected chi connectivity index (χ3v) is 5.34. The minimum absolute atomic E-state index is 0.550. The summed E-state index contributed by atoms with van der Waals surface area (Å²) in [5.41, 5.74) is 4.06. The average Bonchev–Trinajstić information content (AvgIpc) is 3.35. The molecule has 3 aromatic rings. The maximum absolute atomic E-state index is 4.54. The second-order valence-electron chi connectivity index (χ2n) is 7.11. The lowest BCUT2D eigenvalue weighted by Crippen LogP contribution is -2.38. The molecule has 0 amide bonds. The van der Waals surface area contributed by atoms with Crippen molar-refractivity contribution in [2.75, 3.05) is 13.6 Å². The van der Waals surface area contributed by atoms with Gasteiger partial charge in [-0.15, -0.1) is 0 Å². The number of guanidine groups is 1. The Bertz CT molecular complexity index is 957. The van der Waals surface area contributed by atoms with Gasteiger partial charge < -0.3 is 10.6 Å². The maximum atomic E-state index is 4.54. The number of hydrogen-bond acceptors (Lipinski definition) is 3. The van der Waals surface area contributed by atoms with E-state index in [4.69, 9.17) is 0 Å². The lowest BCUT2D eigenvalue weighted by Gasteiger charge is -2.16. The van der Waals surface area contributed by atoms with Crippen LogP contribution in [0, 0.1) is 6.92 Å². The van der Waals surface area contributed by atoms with Crippen molar-refractivity contribution >= 4 is 5.96 Å². The van der Waals surface area contributed by atoms with Gasteiger partial charge in [-0.25, -0.2) is 9.97 Å². The highest BCUT2D eigenvalue weighted by Gasteiger charge is 2.21. The van der Waals surface area contributed by atoms with E-state index in [0.29, 0.717) is 12.5 Å². The highest BCUT2D eigenvalue weighted by Crippen LogP contribution is 2.32. The third kappa shape index (κ3) is 3.91. The van der Waals surface area contributed by atoms with E-state index in [0.717, 1.165) is 29.7 Å². The van der Waals surface area contributed by atoms with Crippen molar-refractivity contribution in [1.82, 2.24) is 25.2 Å². The predicted octanol–water partition coefficient (Wildman–Crippen LogP) is 2.97. The molecular weight excluding hydrogens is 348 g/mol. The van der Waals surface area contributed by atoms with E-state index in [2.05, 4.69) is 55.9 Å². The van der Waals surface area contributed by atoms with Crippen molar-refractivity contribution in [3.05, 3.63) is 77.5 Å². The van der Waals surface area contributed by atoms with E-state index in [1.165, 1.54) is 24.0 Å². The summed E-state index contributed by atoms with van der Waals surface area (Å²) in [7, 11) is 1.81. The van der Waals surface area contributed by atoms with Crippen LogP contribution in [0.5, 0.6) is 0 Å². The summed E-state index contributed by atoms with van der Waals surface area (Å²) in [6.45, 7) is 3.54. The fourth-order valence-corrected chi connectivity index (χ4v) is 3.77. The van der Waals surface area contributed by atoms with Gasteiger partial charge in [-0.2, -0.15) is 0 Å². The zero-order valence-electron chi connectivity index (χ0n) is 16.4. The molecule has 0 radical (unpaired) electrons. The number of imidazole rings is 1. The number of benzene rings is 1. The average molecular weight is 374 g/mol. The highest BCUT2D eigenvalue weighted by atomic mass is 15.2. The summed E-state index contributed by atoms with van der Waals surface area (Å²) in [6.07, 6.45) is 7.96. The number of hydrogen-bond donors (Lipinski definition) is 2. The molecule has 0 saturated carbocycles. The molecule has 28 heavy (non-hydrogen) atoms. The molecule has 2 N–H and O–H groups in total. The maximum Gasteiger partial charge on any atom is 0.191 e. The number of nitrogens with one attached hydrogen (secondary N) is 2. The minimum Gasteiger partial charge on any atom is -0.356 e. The van der Waals surface area contributed by atoms with Crippen LogP contribution in [-0.4, -0.2) is 34.1 Å². The number of nitrogens with zero attached hydrogens (tertiary/aromatic N) is 4. The van der Waals surface area contributed by atoms with Gasteiger partial charge >= 0.3 is 0 Å². The van der Waals surface area contributed by atoms with E-state index in [-0.39, 0.29) is 0 Å². The Morgan fingerprint density at radius 2 is 2.07 bits per heavy atom. The van der Waals surface area contributed by atoms with Crippen LogP contribution in [0.15, 0.2) is 60.0 Å². The Balaban J connectivity index is 1.31. The fraction of sp³-hybridized carbons (Fsp3) is 0.318. The SMILES string of the molecule is CN=C(NCc1ccc(-n2ccnc2C)nc1)NCC1CCc2ccccc21. The van der Waals surface area contributed by atoms with E-state index in [1.807, 2.05) is 30.0 Å². The van der Waals surface area contributed by atoms with E-state index in [1.54, 1.807) is 13.2 Å². The Morgan fingerprint density at radius 1 is 1.18 bits per heavy atom. The molecule has 4 rings (SSSR count). The predicted molar refractivity (Wildman–Crippen MR) is 112 cm³/mol. The first kappa shape index (κ1) is 18.2. The molecule has 1 aliphatic carbocycles. The Morgan fingerprint density at radius 3 is 2.82 bits per heavy atom. The van der Waals surface area contributed by atoms with Gasteiger partial charge in [0.05, 0.1) is 0 Å². The standard InChI is InChI=1S/C22H26N6/c1-16-24-11-12-28(16)21-10-7-17(13-25-21)14-26-22(23-2)27-15-19-9-8-18-5-3-4-6-20(18)19/h3-7,10-13,19H,8-9,14-15H2,1-2H3,(H2,23,26,27). The monoisotopic (exact) mass is 374 g/mol. The third-order valence-electron chi connectivity index (χ3n) is 5.34. The van der Waals surface area contributed by atoms with Gasteiger partial charge in [0.15, 0.2) is 5.96 Å². The number of aromatic nitrogens is 3. The molecule has 6 heteroatoms. The van der Waals surface area contributed by atoms with Crippen molar-refractivity contribution in [2.24, 2.45) is 4.99 Å². The topological polar surface area (TPSA) is 67.1 Å². The lowest BCUT2D eigenvalue weighted by molar-refractivity contribution is 0.641. The summed E-state index contributed by atoms with van der Waals surface area (Å²) < 4.78 is 1.97. The molecule has 1 aromatic carbocycles. The van der Waals surface area contributed by atoms with Crippen LogP contribution in [0.3, 0.4) is 0 Å². The first-order chi connectivity index (χ1) is 13.7. The van der Waals surface area contributed by atoms with Crippen molar-refractivity contribution < 1.29 is 0 Å². The first-order valence-electron chi connectivity index (χ1n) is 9.72. The van der Waals surface area contributed by atoms with Crippen LogP contribution in [0.1, 0.15) is 34.9 Å². The van der Waals surface area contributed by atoms with Crippen LogP contribution in [0.2, 0.25) is 0 Å². The number of fused-ring (bicyclic) bond motifs is 1. The Kier molecular flexibility index (Phi) is 5.37. The van der Waals surface area contributed by atoms with Gasteiger partial charge in [0.25, 0.3) is 0 Å². The van der Waals surface area contributed by atoms with Crippen molar-refractivity contribution in [2.45, 2.75) is 32.2 Å². The van der Waals surface area contributed by atoms with Crippen molar-refractivity contribution in [1.29, 1.82) is 0 Å². The Hall–Kier alpha value is -3.15. The fourth-order valence-electron chi connectivity index (χ4n) is 3.77. The van der Waals surface area contributed by atoms with Gasteiger partial charge in [-0.05, 0) is 42.5 Å². The molecule has 0 aliphatic heterocycles. The van der Waals surface area contributed by atoms with Gasteiger partial charge in [-0.1, -0.05) is 30.3 Å². The lowest BCUT2D eigenvalue weighted by atomic mass is 10.0. The molecule has 2 aromatic heterocycles. The number of rotatable bonds is 5. The number of aryl methyl sites for hydroxylation is 2. The molecule has 2 heterocycles. The van der Waals surface area contributed by atoms with E-state index < -0.39 is 0 Å². The van der Waals surface area contributed by atoms with Gasteiger partial charge in [-0.3, -0.25) is 9.56 Å². The summed E-state index contributed by atoms with van der Waals surface area (Å²) in [4.78, 5) is 13.1. The van der Waals surface area contributed by atoms with Crippen LogP contribution < -0.4 is 10.6 Å².